The molecule has 0 radical (unpaired) electrons. The Labute approximate surface area is 113 Å². The largest absolute Gasteiger partial charge is 0.508 e. The highest BCUT2D eigenvalue weighted by molar-refractivity contribution is 5.37. The maximum atomic E-state index is 9.46. The molecule has 0 aliphatic rings. The van der Waals surface area contributed by atoms with E-state index in [9.17, 15) is 10.2 Å². The van der Waals surface area contributed by atoms with Gasteiger partial charge in [-0.25, -0.2) is 0 Å². The van der Waals surface area contributed by atoms with Crippen molar-refractivity contribution < 1.29 is 10.2 Å². The number of phenolic OH excluding ortho intramolecular Hbond substituents is 2. The van der Waals surface area contributed by atoms with Gasteiger partial charge >= 0.3 is 0 Å². The lowest BCUT2D eigenvalue weighted by atomic mass is 10.1. The van der Waals surface area contributed by atoms with Crippen molar-refractivity contribution in [1.29, 1.82) is 0 Å². The van der Waals surface area contributed by atoms with E-state index < -0.39 is 0 Å². The first-order valence-electron chi connectivity index (χ1n) is 6.45. The van der Waals surface area contributed by atoms with Crippen LogP contribution in [0, 0.1) is 0 Å². The summed E-state index contributed by atoms with van der Waals surface area (Å²) in [5.41, 5.74) is 2.17. The van der Waals surface area contributed by atoms with Crippen LogP contribution in [0.4, 0.5) is 0 Å². The molecule has 0 amide bonds. The van der Waals surface area contributed by atoms with Crippen molar-refractivity contribution in [1.82, 2.24) is 5.32 Å². The zero-order valence-corrected chi connectivity index (χ0v) is 11.0. The van der Waals surface area contributed by atoms with Crippen LogP contribution >= 0.6 is 0 Å². The number of nitrogens with one attached hydrogen (secondary N) is 1. The topological polar surface area (TPSA) is 52.5 Å². The molecule has 0 saturated heterocycles. The average molecular weight is 257 g/mol. The molecule has 1 unspecified atom stereocenters. The second kappa shape index (κ2) is 6.25. The molecule has 3 nitrogen and oxygen atoms in total. The summed E-state index contributed by atoms with van der Waals surface area (Å²) in [5.74, 6) is 0.179. The van der Waals surface area contributed by atoms with Gasteiger partial charge in [0.05, 0.1) is 0 Å². The van der Waals surface area contributed by atoms with Crippen molar-refractivity contribution in [2.75, 3.05) is 6.54 Å². The highest BCUT2D eigenvalue weighted by Crippen LogP contribution is 2.24. The van der Waals surface area contributed by atoms with E-state index in [2.05, 4.69) is 17.4 Å². The lowest BCUT2D eigenvalue weighted by Gasteiger charge is -2.15. The van der Waals surface area contributed by atoms with Crippen molar-refractivity contribution in [3.63, 3.8) is 0 Å². The van der Waals surface area contributed by atoms with Gasteiger partial charge in [-0.3, -0.25) is 0 Å². The lowest BCUT2D eigenvalue weighted by Crippen LogP contribution is -2.21. The molecule has 3 heteroatoms. The molecule has 1 atom stereocenters. The molecular weight excluding hydrogens is 238 g/mol. The van der Waals surface area contributed by atoms with Gasteiger partial charge in [-0.2, -0.15) is 0 Å². The third kappa shape index (κ3) is 4.00. The standard InChI is InChI=1S/C16H19NO2/c1-12(14-9-15(18)11-16(19)10-14)17-8-7-13-5-3-2-4-6-13/h2-6,9-12,17-19H,7-8H2,1H3. The van der Waals surface area contributed by atoms with Gasteiger partial charge in [-0.05, 0) is 43.1 Å². The van der Waals surface area contributed by atoms with Crippen LogP contribution in [-0.2, 0) is 6.42 Å². The fourth-order valence-electron chi connectivity index (χ4n) is 2.06. The maximum Gasteiger partial charge on any atom is 0.119 e. The summed E-state index contributed by atoms with van der Waals surface area (Å²) in [6.07, 6.45) is 0.954. The van der Waals surface area contributed by atoms with Crippen molar-refractivity contribution in [3.05, 3.63) is 59.7 Å². The van der Waals surface area contributed by atoms with E-state index >= 15 is 0 Å². The highest BCUT2D eigenvalue weighted by atomic mass is 16.3. The Morgan fingerprint density at radius 3 is 2.26 bits per heavy atom. The van der Waals surface area contributed by atoms with E-state index in [1.54, 1.807) is 12.1 Å². The van der Waals surface area contributed by atoms with Crippen molar-refractivity contribution >= 4 is 0 Å². The minimum Gasteiger partial charge on any atom is -0.508 e. The van der Waals surface area contributed by atoms with Crippen LogP contribution in [0.2, 0.25) is 0 Å². The smallest absolute Gasteiger partial charge is 0.119 e. The predicted octanol–water partition coefficient (Wildman–Crippen LogP) is 2.99. The summed E-state index contributed by atoms with van der Waals surface area (Å²) in [4.78, 5) is 0. The van der Waals surface area contributed by atoms with Gasteiger partial charge in [-0.15, -0.1) is 0 Å². The van der Waals surface area contributed by atoms with Crippen LogP contribution in [0.5, 0.6) is 11.5 Å². The average Bonchev–Trinajstić information content (AvgIpc) is 2.38. The Morgan fingerprint density at radius 1 is 1.00 bits per heavy atom. The Balaban J connectivity index is 1.89. The molecule has 2 aromatic carbocycles. The molecule has 0 spiro atoms. The van der Waals surface area contributed by atoms with Crippen molar-refractivity contribution in [2.24, 2.45) is 0 Å². The Kier molecular flexibility index (Phi) is 4.42. The number of rotatable bonds is 5. The highest BCUT2D eigenvalue weighted by Gasteiger charge is 2.07. The van der Waals surface area contributed by atoms with E-state index in [1.807, 2.05) is 25.1 Å². The van der Waals surface area contributed by atoms with Crippen LogP contribution in [0.3, 0.4) is 0 Å². The summed E-state index contributed by atoms with van der Waals surface area (Å²) in [6, 6.07) is 15.0. The molecule has 2 rings (SSSR count). The van der Waals surface area contributed by atoms with Gasteiger partial charge in [0.25, 0.3) is 0 Å². The molecule has 0 aliphatic carbocycles. The van der Waals surface area contributed by atoms with E-state index in [0.29, 0.717) is 0 Å². The Hall–Kier alpha value is -2.00. The second-order valence-corrected chi connectivity index (χ2v) is 4.69. The zero-order valence-electron chi connectivity index (χ0n) is 11.0. The molecule has 100 valence electrons. The molecule has 2 aromatic rings. The van der Waals surface area contributed by atoms with E-state index in [4.69, 9.17) is 0 Å². The monoisotopic (exact) mass is 257 g/mol. The molecule has 0 aromatic heterocycles. The first kappa shape index (κ1) is 13.4. The number of hydrogen-bond acceptors (Lipinski definition) is 3. The fourth-order valence-corrected chi connectivity index (χ4v) is 2.06. The zero-order chi connectivity index (χ0) is 13.7. The third-order valence-corrected chi connectivity index (χ3v) is 3.13. The molecule has 3 N–H and O–H groups in total. The Bertz CT molecular complexity index is 505. The Morgan fingerprint density at radius 2 is 1.63 bits per heavy atom. The summed E-state index contributed by atoms with van der Waals surface area (Å²) in [6.45, 7) is 2.86. The second-order valence-electron chi connectivity index (χ2n) is 4.69. The van der Waals surface area contributed by atoms with Crippen LogP contribution in [-0.4, -0.2) is 16.8 Å². The van der Waals surface area contributed by atoms with Crippen molar-refractivity contribution in [3.8, 4) is 11.5 Å². The van der Waals surface area contributed by atoms with Gasteiger partial charge in [0.2, 0.25) is 0 Å². The molecular formula is C16H19NO2. The van der Waals surface area contributed by atoms with E-state index in [-0.39, 0.29) is 17.5 Å². The number of aromatic hydroxyl groups is 2. The maximum absolute atomic E-state index is 9.46. The summed E-state index contributed by atoms with van der Waals surface area (Å²) in [5, 5.41) is 22.3. The van der Waals surface area contributed by atoms with Crippen LogP contribution in [0.15, 0.2) is 48.5 Å². The fraction of sp³-hybridized carbons (Fsp3) is 0.250. The minimum atomic E-state index is 0.0849. The van der Waals surface area contributed by atoms with Crippen LogP contribution < -0.4 is 5.32 Å². The van der Waals surface area contributed by atoms with Crippen molar-refractivity contribution in [2.45, 2.75) is 19.4 Å². The number of benzene rings is 2. The normalized spacial score (nSPS) is 12.3. The summed E-state index contributed by atoms with van der Waals surface area (Å²) >= 11 is 0. The molecule has 0 aliphatic heterocycles. The van der Waals surface area contributed by atoms with E-state index in [0.717, 1.165) is 18.5 Å². The first-order valence-corrected chi connectivity index (χ1v) is 6.45. The van der Waals surface area contributed by atoms with Gasteiger partial charge in [-0.1, -0.05) is 30.3 Å². The molecule has 0 fully saturated rings. The van der Waals surface area contributed by atoms with Gasteiger partial charge in [0.1, 0.15) is 11.5 Å². The third-order valence-electron chi connectivity index (χ3n) is 3.13. The molecule has 0 heterocycles. The number of phenols is 2. The molecule has 0 saturated carbocycles. The minimum absolute atomic E-state index is 0.0849. The molecule has 19 heavy (non-hydrogen) atoms. The van der Waals surface area contributed by atoms with Gasteiger partial charge in [0, 0.05) is 12.1 Å². The predicted molar refractivity (Wildman–Crippen MR) is 76.3 cm³/mol. The quantitative estimate of drug-likeness (QED) is 0.771. The SMILES string of the molecule is CC(NCCc1ccccc1)c1cc(O)cc(O)c1. The van der Waals surface area contributed by atoms with Gasteiger partial charge < -0.3 is 15.5 Å². The molecule has 0 bridgehead atoms. The van der Waals surface area contributed by atoms with Crippen LogP contribution in [0.1, 0.15) is 24.1 Å². The lowest BCUT2D eigenvalue weighted by molar-refractivity contribution is 0.446. The first-order chi connectivity index (χ1) is 9.15. The number of hydrogen-bond donors (Lipinski definition) is 3. The van der Waals surface area contributed by atoms with Gasteiger partial charge in [0.15, 0.2) is 0 Å². The summed E-state index contributed by atoms with van der Waals surface area (Å²) < 4.78 is 0. The summed E-state index contributed by atoms with van der Waals surface area (Å²) in [7, 11) is 0. The van der Waals surface area contributed by atoms with Crippen LogP contribution in [0.25, 0.3) is 0 Å². The van der Waals surface area contributed by atoms with E-state index in [1.165, 1.54) is 11.6 Å².